The van der Waals surface area contributed by atoms with E-state index in [1.165, 1.54) is 6.92 Å². The molecule has 7 heteroatoms. The van der Waals surface area contributed by atoms with Crippen molar-refractivity contribution >= 4 is 17.9 Å². The average Bonchev–Trinajstić information content (AvgIpc) is 3.12. The Morgan fingerprint density at radius 2 is 1.78 bits per heavy atom. The Morgan fingerprint density at radius 3 is 2.44 bits per heavy atom. The molecule has 1 atom stereocenters. The third-order valence-corrected chi connectivity index (χ3v) is 4.49. The van der Waals surface area contributed by atoms with E-state index in [4.69, 9.17) is 9.47 Å². The summed E-state index contributed by atoms with van der Waals surface area (Å²) in [6.07, 6.45) is 2.90. The molecule has 0 radical (unpaired) electrons. The zero-order chi connectivity index (χ0) is 19.8. The predicted molar refractivity (Wildman–Crippen MR) is 101 cm³/mol. The van der Waals surface area contributed by atoms with Crippen LogP contribution in [0.3, 0.4) is 0 Å². The van der Waals surface area contributed by atoms with Gasteiger partial charge in [0.25, 0.3) is 5.91 Å². The van der Waals surface area contributed by atoms with Gasteiger partial charge in [-0.05, 0) is 37.3 Å². The molecular weight excluding hydrogens is 348 g/mol. The van der Waals surface area contributed by atoms with Crippen LogP contribution in [0.25, 0.3) is 0 Å². The third kappa shape index (κ3) is 6.58. The minimum Gasteiger partial charge on any atom is -0.482 e. The van der Waals surface area contributed by atoms with Gasteiger partial charge in [0.15, 0.2) is 12.7 Å². The zero-order valence-corrected chi connectivity index (χ0v) is 16.1. The Kier molecular flexibility index (Phi) is 7.64. The fourth-order valence-corrected chi connectivity index (χ4v) is 3.02. The molecule has 27 heavy (non-hydrogen) atoms. The Balaban J connectivity index is 1.76. The quantitative estimate of drug-likeness (QED) is 0.714. The van der Waals surface area contributed by atoms with E-state index in [2.05, 4.69) is 10.6 Å². The van der Waals surface area contributed by atoms with Gasteiger partial charge in [0, 0.05) is 6.04 Å². The number of para-hydroxylation sites is 1. The highest BCUT2D eigenvalue weighted by molar-refractivity contribution is 5.97. The van der Waals surface area contributed by atoms with Crippen molar-refractivity contribution in [2.24, 2.45) is 0 Å². The van der Waals surface area contributed by atoms with Crippen molar-refractivity contribution < 1.29 is 23.9 Å². The summed E-state index contributed by atoms with van der Waals surface area (Å²) in [7, 11) is 0. The van der Waals surface area contributed by atoms with Crippen molar-refractivity contribution in [2.75, 3.05) is 6.61 Å². The van der Waals surface area contributed by atoms with Crippen molar-refractivity contribution in [1.82, 2.24) is 10.6 Å². The Hall–Kier alpha value is -2.57. The molecule has 1 saturated carbocycles. The number of benzene rings is 1. The minimum absolute atomic E-state index is 0.102. The Morgan fingerprint density at radius 1 is 1.11 bits per heavy atom. The van der Waals surface area contributed by atoms with E-state index in [1.54, 1.807) is 6.07 Å². The zero-order valence-electron chi connectivity index (χ0n) is 16.1. The fourth-order valence-electron chi connectivity index (χ4n) is 3.02. The molecule has 1 fully saturated rings. The highest BCUT2D eigenvalue weighted by Crippen LogP contribution is 2.25. The normalized spacial score (nSPS) is 15.3. The topological polar surface area (TPSA) is 93.7 Å². The van der Waals surface area contributed by atoms with Gasteiger partial charge in [-0.3, -0.25) is 10.1 Å². The molecule has 0 aliphatic heterocycles. The molecule has 0 aromatic heterocycles. The number of nitrogens with one attached hydrogen (secondary N) is 2. The first kappa shape index (κ1) is 20.7. The summed E-state index contributed by atoms with van der Waals surface area (Å²) < 4.78 is 10.6. The molecule has 1 aliphatic rings. The number of rotatable bonds is 7. The van der Waals surface area contributed by atoms with E-state index in [0.29, 0.717) is 5.75 Å². The van der Waals surface area contributed by atoms with Gasteiger partial charge in [-0.15, -0.1) is 0 Å². The smallest absolute Gasteiger partial charge is 0.344 e. The molecule has 1 aromatic rings. The lowest BCUT2D eigenvalue weighted by Crippen LogP contribution is -2.47. The molecule has 7 nitrogen and oxygen atoms in total. The highest BCUT2D eigenvalue weighted by Gasteiger charge is 2.23. The SMILES string of the molecule is CC(C)c1ccccc1OCC(=O)O[C@@H](C)C(=O)NC(=O)NC1CCCC1. The van der Waals surface area contributed by atoms with Crippen LogP contribution in [0, 0.1) is 0 Å². The molecule has 2 N–H and O–H groups in total. The summed E-state index contributed by atoms with van der Waals surface area (Å²) in [5.41, 5.74) is 0.986. The van der Waals surface area contributed by atoms with Crippen molar-refractivity contribution in [2.45, 2.75) is 64.5 Å². The molecule has 0 spiro atoms. The lowest BCUT2D eigenvalue weighted by Gasteiger charge is -2.16. The first-order chi connectivity index (χ1) is 12.9. The molecule has 0 heterocycles. The molecule has 0 bridgehead atoms. The van der Waals surface area contributed by atoms with Gasteiger partial charge < -0.3 is 14.8 Å². The van der Waals surface area contributed by atoms with Crippen LogP contribution in [0.1, 0.15) is 57.9 Å². The van der Waals surface area contributed by atoms with Crippen LogP contribution in [0.2, 0.25) is 0 Å². The summed E-state index contributed by atoms with van der Waals surface area (Å²) in [5, 5.41) is 4.95. The number of imide groups is 1. The van der Waals surface area contributed by atoms with Gasteiger partial charge in [-0.25, -0.2) is 9.59 Å². The van der Waals surface area contributed by atoms with E-state index >= 15 is 0 Å². The second-order valence-electron chi connectivity index (χ2n) is 7.06. The maximum Gasteiger partial charge on any atom is 0.344 e. The van der Waals surface area contributed by atoms with Gasteiger partial charge in [0.05, 0.1) is 0 Å². The number of amides is 3. The van der Waals surface area contributed by atoms with Crippen LogP contribution in [0.5, 0.6) is 5.75 Å². The largest absolute Gasteiger partial charge is 0.482 e. The molecule has 3 amide bonds. The maximum absolute atomic E-state index is 12.0. The maximum atomic E-state index is 12.0. The van der Waals surface area contributed by atoms with Crippen molar-refractivity contribution in [3.63, 3.8) is 0 Å². The third-order valence-electron chi connectivity index (χ3n) is 4.49. The van der Waals surface area contributed by atoms with Crippen LogP contribution in [-0.4, -0.2) is 36.7 Å². The first-order valence-corrected chi connectivity index (χ1v) is 9.39. The Bertz CT molecular complexity index is 668. The summed E-state index contributed by atoms with van der Waals surface area (Å²) >= 11 is 0. The van der Waals surface area contributed by atoms with Crippen LogP contribution in [-0.2, 0) is 14.3 Å². The summed E-state index contributed by atoms with van der Waals surface area (Å²) in [5.74, 6) is -0.480. The van der Waals surface area contributed by atoms with Gasteiger partial charge in [0.1, 0.15) is 5.75 Å². The second-order valence-corrected chi connectivity index (χ2v) is 7.06. The van der Waals surface area contributed by atoms with E-state index < -0.39 is 24.0 Å². The predicted octanol–water partition coefficient (Wildman–Crippen LogP) is 2.89. The molecule has 1 aromatic carbocycles. The molecular formula is C20H28N2O5. The summed E-state index contributed by atoms with van der Waals surface area (Å²) in [4.78, 5) is 35.7. The number of ether oxygens (including phenoxy) is 2. The van der Waals surface area contributed by atoms with Gasteiger partial charge in [-0.1, -0.05) is 44.9 Å². The van der Waals surface area contributed by atoms with Gasteiger partial charge in [0.2, 0.25) is 0 Å². The van der Waals surface area contributed by atoms with Crippen LogP contribution in [0.4, 0.5) is 4.79 Å². The lowest BCUT2D eigenvalue weighted by atomic mass is 10.0. The number of carbonyl (C=O) groups excluding carboxylic acids is 3. The van der Waals surface area contributed by atoms with Gasteiger partial charge >= 0.3 is 12.0 Å². The average molecular weight is 376 g/mol. The lowest BCUT2D eigenvalue weighted by molar-refractivity contribution is -0.156. The van der Waals surface area contributed by atoms with E-state index in [-0.39, 0.29) is 18.6 Å². The minimum atomic E-state index is -1.09. The fraction of sp³-hybridized carbons (Fsp3) is 0.550. The van der Waals surface area contributed by atoms with Crippen molar-refractivity contribution in [1.29, 1.82) is 0 Å². The van der Waals surface area contributed by atoms with Crippen molar-refractivity contribution in [3.8, 4) is 5.75 Å². The van der Waals surface area contributed by atoms with Crippen LogP contribution in [0.15, 0.2) is 24.3 Å². The number of carbonyl (C=O) groups is 3. The van der Waals surface area contributed by atoms with Crippen molar-refractivity contribution in [3.05, 3.63) is 29.8 Å². The molecule has 1 aliphatic carbocycles. The molecule has 2 rings (SSSR count). The van der Waals surface area contributed by atoms with E-state index in [9.17, 15) is 14.4 Å². The number of hydrogen-bond acceptors (Lipinski definition) is 5. The summed E-state index contributed by atoms with van der Waals surface area (Å²) in [6, 6.07) is 6.99. The number of esters is 1. The molecule has 0 saturated heterocycles. The molecule has 0 unspecified atom stereocenters. The first-order valence-electron chi connectivity index (χ1n) is 9.39. The highest BCUT2D eigenvalue weighted by atomic mass is 16.6. The molecule has 148 valence electrons. The Labute approximate surface area is 159 Å². The monoisotopic (exact) mass is 376 g/mol. The number of urea groups is 1. The van der Waals surface area contributed by atoms with Crippen LogP contribution < -0.4 is 15.4 Å². The van der Waals surface area contributed by atoms with E-state index in [1.807, 2.05) is 32.0 Å². The van der Waals surface area contributed by atoms with Gasteiger partial charge in [-0.2, -0.15) is 0 Å². The van der Waals surface area contributed by atoms with E-state index in [0.717, 1.165) is 31.2 Å². The van der Waals surface area contributed by atoms with Crippen LogP contribution >= 0.6 is 0 Å². The standard InChI is InChI=1S/C20H28N2O5/c1-13(2)16-10-6-7-11-17(16)26-12-18(23)27-14(3)19(24)22-20(25)21-15-8-4-5-9-15/h6-7,10-11,13-15H,4-5,8-9,12H2,1-3H3,(H2,21,22,24,25)/t14-/m0/s1. The number of hydrogen-bond donors (Lipinski definition) is 2. The summed E-state index contributed by atoms with van der Waals surface area (Å²) in [6.45, 7) is 5.17. The second kappa shape index (κ2) is 9.94.